The number of imidazole rings is 5. The molecule has 125 heavy (non-hydrogen) atoms. The molecule has 14 rings (SSSR count). The number of nitrogens with zero attached hydrogens (tertiary/aromatic N) is 10. The van der Waals surface area contributed by atoms with Crippen molar-refractivity contribution in [3.63, 3.8) is 0 Å². The van der Waals surface area contributed by atoms with Crippen LogP contribution in [0.4, 0.5) is 0 Å². The van der Waals surface area contributed by atoms with Gasteiger partial charge >= 0.3 is 12.0 Å². The lowest BCUT2D eigenvalue weighted by molar-refractivity contribution is -0.725. The molecule has 0 amide bonds. The summed E-state index contributed by atoms with van der Waals surface area (Å²) >= 11 is 0. The van der Waals surface area contributed by atoms with E-state index in [0.717, 1.165) is 45.2 Å². The highest BCUT2D eigenvalue weighted by molar-refractivity contribution is 5.78. The summed E-state index contributed by atoms with van der Waals surface area (Å²) in [6.45, 7) is 67.1. The Bertz CT molecular complexity index is 5920. The Morgan fingerprint density at radius 1 is 0.304 bits per heavy atom. The third-order valence-electron chi connectivity index (χ3n) is 24.8. The maximum Gasteiger partial charge on any atom is 0.468 e. The zero-order valence-electron chi connectivity index (χ0n) is 85.2. The predicted molar refractivity (Wildman–Crippen MR) is 523 cm³/mol. The first-order valence-electron chi connectivity index (χ1n) is 47.6. The van der Waals surface area contributed by atoms with Gasteiger partial charge in [0, 0.05) is 4.11 Å². The quantitative estimate of drug-likeness (QED) is 0.0599. The largest absolute Gasteiger partial charge is 0.468 e. The second-order valence-corrected chi connectivity index (χ2v) is 39.1. The predicted octanol–water partition coefficient (Wildman–Crippen LogP) is 28.1. The number of hydrogen-bond acceptors (Lipinski definition) is 2. The van der Waals surface area contributed by atoms with Crippen LogP contribution in [0.1, 0.15) is 348 Å². The molecule has 0 N–H and O–H groups in total. The molecule has 0 fully saturated rings. The van der Waals surface area contributed by atoms with Crippen molar-refractivity contribution in [2.75, 3.05) is 0 Å². The number of aromatic nitrogens is 10. The summed E-state index contributed by atoms with van der Waals surface area (Å²) in [6, 6.07) is 75.2. The minimum atomic E-state index is -2.26. The van der Waals surface area contributed by atoms with Crippen molar-refractivity contribution in [1.82, 2.24) is 22.8 Å². The van der Waals surface area contributed by atoms with Gasteiger partial charge in [0.2, 0.25) is 0 Å². The molecular formula is C113H153N10O2+5. The number of para-hydroxylation sites is 8. The summed E-state index contributed by atoms with van der Waals surface area (Å²) in [5, 5.41) is 0. The number of aryl methyl sites for hydroxylation is 6. The summed E-state index contributed by atoms with van der Waals surface area (Å²) in [5.41, 5.74) is 20.5. The molecule has 5 aromatic heterocycles. The lowest BCUT2D eigenvalue weighted by Gasteiger charge is -2.28. The van der Waals surface area contributed by atoms with Crippen LogP contribution in [0.15, 0.2) is 243 Å². The van der Waals surface area contributed by atoms with Gasteiger partial charge in [-0.3, -0.25) is 0 Å². The summed E-state index contributed by atoms with van der Waals surface area (Å²) in [7, 11) is 4.29. The van der Waals surface area contributed by atoms with Crippen molar-refractivity contribution in [3.05, 3.63) is 328 Å². The van der Waals surface area contributed by atoms with Crippen LogP contribution in [0.25, 0.3) is 33.4 Å². The van der Waals surface area contributed by atoms with E-state index in [1.165, 1.54) is 78.7 Å². The molecule has 5 heterocycles. The molecule has 0 bridgehead atoms. The molecule has 14 aromatic rings. The summed E-state index contributed by atoms with van der Waals surface area (Å²) in [5.74, 6) is 8.04. The molecule has 9 aromatic carbocycles. The molecule has 0 aliphatic heterocycles. The lowest BCUT2D eigenvalue weighted by atomic mass is 9.78. The Hall–Kier alpha value is -10.9. The van der Waals surface area contributed by atoms with Crippen LogP contribution in [-0.4, -0.2) is 22.8 Å². The van der Waals surface area contributed by atoms with Gasteiger partial charge in [-0.1, -0.05) is 239 Å². The molecule has 0 radical (unpaired) electrons. The SMILES string of the molecule is CC(C)c1ccccc1C(C)(C)c1n(C(C)C)cc[n+]1C.CC(C)c1ccccc1C(C)(C)c1n(C(C)C)cc[n+]1C.CC(C)c1ccccc1C(C)(C)c1n(C(C)C)cc[n+]1C(C)C.Cc1cccc(C)c1-n1c(Oc2ccccc2C(C)C)[n+](C(C)C)c2ccccc21.[2H]C([2H])([2H])c1cccc(C)c1-n1c(Oc2ccccc2C(C)C)[n+](C(C)C)c2ccccc21. The Balaban J connectivity index is 0.000000169. The molecule has 12 nitrogen and oxygen atoms in total. The van der Waals surface area contributed by atoms with Gasteiger partial charge in [-0.15, -0.1) is 0 Å². The van der Waals surface area contributed by atoms with Crippen molar-refractivity contribution in [2.45, 2.75) is 304 Å². The van der Waals surface area contributed by atoms with Crippen molar-refractivity contribution in [3.8, 4) is 34.9 Å². The van der Waals surface area contributed by atoms with E-state index >= 15 is 0 Å². The fourth-order valence-corrected chi connectivity index (χ4v) is 18.7. The topological polar surface area (TPSA) is 62.5 Å². The Kier molecular flexibility index (Phi) is 29.9. The third-order valence-corrected chi connectivity index (χ3v) is 24.8. The molecule has 0 atom stereocenters. The second kappa shape index (κ2) is 40.6. The number of rotatable bonds is 23. The molecule has 12 heteroatoms. The number of fused-ring (bicyclic) bond motifs is 2. The maximum atomic E-state index is 8.21. The normalized spacial score (nSPS) is 12.5. The zero-order valence-corrected chi connectivity index (χ0v) is 82.2. The minimum Gasteiger partial charge on any atom is -0.391 e. The van der Waals surface area contributed by atoms with E-state index in [9.17, 15) is 0 Å². The van der Waals surface area contributed by atoms with Gasteiger partial charge in [-0.25, -0.2) is 27.4 Å². The summed E-state index contributed by atoms with van der Waals surface area (Å²) < 4.78 is 61.0. The highest BCUT2D eigenvalue weighted by Crippen LogP contribution is 2.43. The molecule has 0 aliphatic carbocycles. The molecule has 0 saturated heterocycles. The van der Waals surface area contributed by atoms with Crippen LogP contribution in [0.2, 0.25) is 0 Å². The van der Waals surface area contributed by atoms with Gasteiger partial charge in [0.05, 0.1) is 66.6 Å². The first-order valence-corrected chi connectivity index (χ1v) is 46.1. The second-order valence-electron chi connectivity index (χ2n) is 39.1. The first kappa shape index (κ1) is 91.8. The molecular weight excluding hydrogens is 1530 g/mol. The van der Waals surface area contributed by atoms with Gasteiger partial charge in [0.1, 0.15) is 60.1 Å². The standard InChI is InChI=1S/2C27H31N2O.C21H33N2.2C19H29N2/c2*1-18(2)22-14-7-10-17-25(22)30-27-28(19(3)4)23-15-8-9-16-24(23)29(27)26-20(5)12-11-13-21(26)6;1-15(2)18-11-9-10-12-19(18)21(7,8)20-22(16(3)4)13-14-23(20)17(5)6;2*1-14(2)16-10-8-9-11-17(16)19(5,6)18-20(7)12-13-21(18)15(3)4/h2*7-19H,1-6H3;9-17H,1-8H3;2*8-15H,1-7H3/q5*+1/i5D3;;;;. The van der Waals surface area contributed by atoms with Crippen LogP contribution in [0.5, 0.6) is 23.5 Å². The molecule has 0 spiro atoms. The van der Waals surface area contributed by atoms with Crippen LogP contribution >= 0.6 is 0 Å². The lowest BCUT2D eigenvalue weighted by Crippen LogP contribution is -2.46. The Labute approximate surface area is 757 Å². The fourth-order valence-electron chi connectivity index (χ4n) is 18.7. The summed E-state index contributed by atoms with van der Waals surface area (Å²) in [4.78, 5) is 0. The minimum absolute atomic E-state index is 0.0244. The molecule has 0 aliphatic rings. The van der Waals surface area contributed by atoms with E-state index in [1.54, 1.807) is 12.1 Å². The van der Waals surface area contributed by atoms with Crippen LogP contribution in [0, 0.1) is 27.6 Å². The van der Waals surface area contributed by atoms with Crippen LogP contribution in [-0.2, 0) is 30.3 Å². The van der Waals surface area contributed by atoms with Crippen molar-refractivity contribution >= 4 is 22.1 Å². The van der Waals surface area contributed by atoms with E-state index in [1.807, 2.05) is 60.0 Å². The van der Waals surface area contributed by atoms with E-state index in [4.69, 9.17) is 13.6 Å². The molecule has 662 valence electrons. The van der Waals surface area contributed by atoms with Gasteiger partial charge in [-0.2, -0.15) is 18.3 Å². The number of benzene rings is 9. The van der Waals surface area contributed by atoms with Crippen molar-refractivity contribution in [1.29, 1.82) is 0 Å². The zero-order chi connectivity index (χ0) is 94.3. The average molecular weight is 1690 g/mol. The van der Waals surface area contributed by atoms with E-state index in [0.29, 0.717) is 65.1 Å². The Morgan fingerprint density at radius 2 is 0.584 bits per heavy atom. The highest BCUT2D eigenvalue weighted by Gasteiger charge is 2.43. The number of hydrogen-bond donors (Lipinski definition) is 0. The van der Waals surface area contributed by atoms with Gasteiger partial charge in [0.25, 0.3) is 17.5 Å². The van der Waals surface area contributed by atoms with Gasteiger partial charge in [-0.05, 0) is 285 Å². The summed E-state index contributed by atoms with van der Waals surface area (Å²) in [6.07, 6.45) is 13.2. The fraction of sp³-hybridized carbons (Fsp3) is 0.425. The van der Waals surface area contributed by atoms with E-state index in [-0.39, 0.29) is 34.2 Å². The van der Waals surface area contributed by atoms with Gasteiger partial charge < -0.3 is 9.47 Å². The third kappa shape index (κ3) is 20.5. The Morgan fingerprint density at radius 3 is 0.904 bits per heavy atom. The maximum absolute atomic E-state index is 8.21. The smallest absolute Gasteiger partial charge is 0.391 e. The molecule has 0 unspecified atom stereocenters. The van der Waals surface area contributed by atoms with E-state index < -0.39 is 6.85 Å². The number of ether oxygens (including phenoxy) is 2. The van der Waals surface area contributed by atoms with Gasteiger partial charge in [0.15, 0.2) is 22.1 Å². The average Bonchev–Trinajstić information content (AvgIpc) is 1.60. The van der Waals surface area contributed by atoms with Crippen LogP contribution in [0.3, 0.4) is 0 Å². The van der Waals surface area contributed by atoms with Crippen molar-refractivity contribution in [2.24, 2.45) is 14.1 Å². The van der Waals surface area contributed by atoms with E-state index in [2.05, 4.69) is 446 Å². The molecule has 0 saturated carbocycles. The van der Waals surface area contributed by atoms with Crippen LogP contribution < -0.4 is 32.3 Å². The highest BCUT2D eigenvalue weighted by atomic mass is 16.5. The first-order chi connectivity index (χ1) is 60.2. The monoisotopic (exact) mass is 1690 g/mol. The van der Waals surface area contributed by atoms with Crippen molar-refractivity contribution < 1.29 is 36.4 Å².